The Bertz CT molecular complexity index is 1260. The molecule has 0 bridgehead atoms. The van der Waals surface area contributed by atoms with Crippen LogP contribution in [0.4, 0.5) is 13.2 Å². The second-order valence-electron chi connectivity index (χ2n) is 9.34. The Morgan fingerprint density at radius 3 is 2.35 bits per heavy atom. The highest BCUT2D eigenvalue weighted by molar-refractivity contribution is 5.91. The Kier molecular flexibility index (Phi) is 8.34. The fourth-order valence-corrected chi connectivity index (χ4v) is 4.78. The van der Waals surface area contributed by atoms with Gasteiger partial charge in [0, 0.05) is 5.56 Å². The summed E-state index contributed by atoms with van der Waals surface area (Å²) in [4.78, 5) is 12.4. The summed E-state index contributed by atoms with van der Waals surface area (Å²) in [6.07, 6.45) is 4.07. The highest BCUT2D eigenvalue weighted by Crippen LogP contribution is 2.40. The van der Waals surface area contributed by atoms with E-state index in [4.69, 9.17) is 9.47 Å². The average Bonchev–Trinajstić information content (AvgIpc) is 2.90. The molecule has 0 aliphatic heterocycles. The largest absolute Gasteiger partial charge is 0.486 e. The smallest absolute Gasteiger partial charge is 0.343 e. The first-order valence-electron chi connectivity index (χ1n) is 12.3. The van der Waals surface area contributed by atoms with Crippen molar-refractivity contribution in [1.29, 1.82) is 0 Å². The lowest BCUT2D eigenvalue weighted by atomic mass is 9.76. The number of aliphatic hydroxyl groups excluding tert-OH is 1. The first-order chi connectivity index (χ1) is 17.8. The predicted octanol–water partition coefficient (Wildman–Crippen LogP) is 7.21. The molecule has 0 heterocycles. The van der Waals surface area contributed by atoms with E-state index in [-0.39, 0.29) is 41.1 Å². The number of rotatable bonds is 8. The second kappa shape index (κ2) is 11.6. The number of carbonyl (C=O) groups excluding carboxylic acids is 1. The van der Waals surface area contributed by atoms with Crippen molar-refractivity contribution in [3.8, 4) is 22.6 Å². The Morgan fingerprint density at radius 2 is 1.73 bits per heavy atom. The molecule has 37 heavy (non-hydrogen) atoms. The van der Waals surface area contributed by atoms with Gasteiger partial charge in [-0.25, -0.2) is 18.0 Å². The molecule has 0 radical (unpaired) electrons. The standard InChI is InChI=1S/C30H29F3O4/c1-3-16-36-27-15-10-22(17-26(27)31)30(35)37-23-11-8-21(9-12-23)25-14-13-24(28(32)29(25)33)20-6-4-19(5-7-20)18(2)34/h3,8-15,17-20,34H,1,4-7,16H2,2H3. The van der Waals surface area contributed by atoms with Gasteiger partial charge in [-0.2, -0.15) is 0 Å². The maximum Gasteiger partial charge on any atom is 0.343 e. The third-order valence-electron chi connectivity index (χ3n) is 6.91. The summed E-state index contributed by atoms with van der Waals surface area (Å²) in [6.45, 7) is 5.39. The van der Waals surface area contributed by atoms with Crippen molar-refractivity contribution >= 4 is 5.97 Å². The molecule has 1 fully saturated rings. The van der Waals surface area contributed by atoms with Gasteiger partial charge >= 0.3 is 5.97 Å². The average molecular weight is 511 g/mol. The molecule has 3 aromatic rings. The Balaban J connectivity index is 1.44. The van der Waals surface area contributed by atoms with Gasteiger partial charge in [0.1, 0.15) is 12.4 Å². The van der Waals surface area contributed by atoms with Crippen molar-refractivity contribution in [1.82, 2.24) is 0 Å². The zero-order chi connectivity index (χ0) is 26.5. The lowest BCUT2D eigenvalue weighted by Crippen LogP contribution is -2.23. The first kappa shape index (κ1) is 26.5. The van der Waals surface area contributed by atoms with Crippen molar-refractivity contribution < 1.29 is 32.5 Å². The highest BCUT2D eigenvalue weighted by Gasteiger charge is 2.28. The van der Waals surface area contributed by atoms with E-state index in [1.54, 1.807) is 19.1 Å². The summed E-state index contributed by atoms with van der Waals surface area (Å²) in [5, 5.41) is 9.78. The van der Waals surface area contributed by atoms with Crippen LogP contribution in [0.1, 0.15) is 54.4 Å². The number of hydrogen-bond donors (Lipinski definition) is 1. The van der Waals surface area contributed by atoms with E-state index in [1.165, 1.54) is 42.5 Å². The topological polar surface area (TPSA) is 55.8 Å². The molecule has 7 heteroatoms. The molecule has 0 aromatic heterocycles. The van der Waals surface area contributed by atoms with Crippen LogP contribution < -0.4 is 9.47 Å². The van der Waals surface area contributed by atoms with Crippen LogP contribution >= 0.6 is 0 Å². The number of carbonyl (C=O) groups is 1. The minimum Gasteiger partial charge on any atom is -0.486 e. The number of hydrogen-bond acceptors (Lipinski definition) is 4. The van der Waals surface area contributed by atoms with Crippen LogP contribution in [-0.2, 0) is 0 Å². The van der Waals surface area contributed by atoms with Gasteiger partial charge in [0.25, 0.3) is 0 Å². The Hall–Kier alpha value is -3.58. The molecule has 1 saturated carbocycles. The van der Waals surface area contributed by atoms with Crippen molar-refractivity contribution in [3.63, 3.8) is 0 Å². The fraction of sp³-hybridized carbons (Fsp3) is 0.300. The third-order valence-corrected chi connectivity index (χ3v) is 6.91. The van der Waals surface area contributed by atoms with Crippen molar-refractivity contribution in [2.45, 2.75) is 44.6 Å². The van der Waals surface area contributed by atoms with E-state index in [0.717, 1.165) is 18.9 Å². The van der Waals surface area contributed by atoms with Crippen LogP contribution in [0.25, 0.3) is 11.1 Å². The number of aliphatic hydroxyl groups is 1. The highest BCUT2D eigenvalue weighted by atomic mass is 19.2. The SMILES string of the molecule is C=CCOc1ccc(C(=O)Oc2ccc(-c3ccc(C4CCC(C(C)O)CC4)c(F)c3F)cc2)cc1F. The zero-order valence-electron chi connectivity index (χ0n) is 20.6. The molecular formula is C30H29F3O4. The second-order valence-corrected chi connectivity index (χ2v) is 9.34. The fourth-order valence-electron chi connectivity index (χ4n) is 4.78. The van der Waals surface area contributed by atoms with E-state index in [1.807, 2.05) is 0 Å². The molecule has 0 saturated heterocycles. The van der Waals surface area contributed by atoms with Crippen molar-refractivity contribution in [2.24, 2.45) is 5.92 Å². The van der Waals surface area contributed by atoms with Gasteiger partial charge in [0.15, 0.2) is 23.2 Å². The quantitative estimate of drug-likeness (QED) is 0.198. The summed E-state index contributed by atoms with van der Waals surface area (Å²) in [6, 6.07) is 12.9. The van der Waals surface area contributed by atoms with Crippen LogP contribution in [0.15, 0.2) is 67.3 Å². The van der Waals surface area contributed by atoms with E-state index >= 15 is 8.78 Å². The molecule has 4 nitrogen and oxygen atoms in total. The molecule has 1 unspecified atom stereocenters. The minimum absolute atomic E-state index is 0.00119. The first-order valence-corrected chi connectivity index (χ1v) is 12.3. The summed E-state index contributed by atoms with van der Waals surface area (Å²) in [7, 11) is 0. The normalized spacial score (nSPS) is 18.2. The van der Waals surface area contributed by atoms with E-state index in [0.29, 0.717) is 24.0 Å². The summed E-state index contributed by atoms with van der Waals surface area (Å²) in [5.74, 6) is -2.96. The van der Waals surface area contributed by atoms with E-state index < -0.39 is 29.5 Å². The predicted molar refractivity (Wildman–Crippen MR) is 135 cm³/mol. The van der Waals surface area contributed by atoms with Crippen molar-refractivity contribution in [3.05, 3.63) is 95.8 Å². The van der Waals surface area contributed by atoms with Crippen LogP contribution in [0.5, 0.6) is 11.5 Å². The van der Waals surface area contributed by atoms with Gasteiger partial charge in [0.05, 0.1) is 11.7 Å². The third kappa shape index (κ3) is 6.05. The van der Waals surface area contributed by atoms with E-state index in [2.05, 4.69) is 6.58 Å². The molecular weight excluding hydrogens is 481 g/mol. The van der Waals surface area contributed by atoms with Gasteiger partial charge in [-0.05, 0) is 85.9 Å². The number of ether oxygens (including phenoxy) is 2. The Morgan fingerprint density at radius 1 is 1.03 bits per heavy atom. The van der Waals surface area contributed by atoms with Gasteiger partial charge in [0.2, 0.25) is 0 Å². The number of benzene rings is 3. The molecule has 194 valence electrons. The molecule has 4 rings (SSSR count). The van der Waals surface area contributed by atoms with Crippen molar-refractivity contribution in [2.75, 3.05) is 6.61 Å². The van der Waals surface area contributed by atoms with Crippen LogP contribution in [0.2, 0.25) is 0 Å². The summed E-state index contributed by atoms with van der Waals surface area (Å²) < 4.78 is 54.6. The lowest BCUT2D eigenvalue weighted by molar-refractivity contribution is 0.0734. The molecule has 1 N–H and O–H groups in total. The van der Waals surface area contributed by atoms with Gasteiger partial charge < -0.3 is 14.6 Å². The molecule has 1 aliphatic carbocycles. The minimum atomic E-state index is -0.922. The van der Waals surface area contributed by atoms with Crippen LogP contribution in [0.3, 0.4) is 0 Å². The van der Waals surface area contributed by atoms with E-state index in [9.17, 15) is 14.3 Å². The molecule has 0 amide bonds. The maximum absolute atomic E-state index is 15.0. The van der Waals surface area contributed by atoms with Gasteiger partial charge in [-0.15, -0.1) is 0 Å². The van der Waals surface area contributed by atoms with Crippen LogP contribution in [0, 0.1) is 23.4 Å². The lowest BCUT2D eigenvalue weighted by Gasteiger charge is -2.30. The summed E-state index contributed by atoms with van der Waals surface area (Å²) in [5.41, 5.74) is 0.895. The van der Waals surface area contributed by atoms with Gasteiger partial charge in [-0.1, -0.05) is 36.9 Å². The van der Waals surface area contributed by atoms with Gasteiger partial charge in [-0.3, -0.25) is 0 Å². The number of halogens is 3. The zero-order valence-corrected chi connectivity index (χ0v) is 20.6. The van der Waals surface area contributed by atoms with Crippen LogP contribution in [-0.4, -0.2) is 23.8 Å². The number of esters is 1. The molecule has 1 atom stereocenters. The molecule has 3 aromatic carbocycles. The summed E-state index contributed by atoms with van der Waals surface area (Å²) >= 11 is 0. The molecule has 0 spiro atoms. The molecule has 1 aliphatic rings. The monoisotopic (exact) mass is 510 g/mol. The Labute approximate surface area is 214 Å². The maximum atomic E-state index is 15.0.